The summed E-state index contributed by atoms with van der Waals surface area (Å²) in [6.45, 7) is 0. The van der Waals surface area contributed by atoms with E-state index in [1.807, 2.05) is 18.2 Å². The molecule has 2 aromatic rings. The van der Waals surface area contributed by atoms with Crippen LogP contribution >= 0.6 is 0 Å². The SMILES string of the molecule is O=C(NC1CCCCC1)[C@@H]1[C@@H](c2nc3ccccc3c(=O)[nH]2)[C@H]2C=C[C@H]1C2. The van der Waals surface area contributed by atoms with Gasteiger partial charge < -0.3 is 10.3 Å². The molecule has 2 bridgehead atoms. The van der Waals surface area contributed by atoms with E-state index < -0.39 is 0 Å². The lowest BCUT2D eigenvalue weighted by atomic mass is 9.81. The third-order valence-electron chi connectivity index (χ3n) is 6.66. The van der Waals surface area contributed by atoms with E-state index in [2.05, 4.69) is 22.5 Å². The molecule has 27 heavy (non-hydrogen) atoms. The molecule has 4 atom stereocenters. The van der Waals surface area contributed by atoms with Crippen molar-refractivity contribution in [2.24, 2.45) is 17.8 Å². The first-order valence-corrected chi connectivity index (χ1v) is 10.2. The van der Waals surface area contributed by atoms with Crippen LogP contribution in [-0.4, -0.2) is 21.9 Å². The first-order chi connectivity index (χ1) is 13.2. The molecule has 1 aromatic heterocycles. The maximum Gasteiger partial charge on any atom is 0.258 e. The second-order valence-electron chi connectivity index (χ2n) is 8.31. The summed E-state index contributed by atoms with van der Waals surface area (Å²) in [5, 5.41) is 3.90. The van der Waals surface area contributed by atoms with Gasteiger partial charge in [-0.15, -0.1) is 0 Å². The first kappa shape index (κ1) is 16.7. The minimum Gasteiger partial charge on any atom is -0.353 e. The number of para-hydroxylation sites is 1. The Morgan fingerprint density at radius 2 is 1.85 bits per heavy atom. The molecular formula is C22H25N3O2. The van der Waals surface area contributed by atoms with Crippen molar-refractivity contribution in [3.63, 3.8) is 0 Å². The van der Waals surface area contributed by atoms with Gasteiger partial charge in [0.15, 0.2) is 0 Å². The van der Waals surface area contributed by atoms with Crippen molar-refractivity contribution in [2.75, 3.05) is 0 Å². The van der Waals surface area contributed by atoms with Crippen molar-refractivity contribution >= 4 is 16.8 Å². The van der Waals surface area contributed by atoms with E-state index in [1.165, 1.54) is 19.3 Å². The lowest BCUT2D eigenvalue weighted by molar-refractivity contribution is -0.127. The standard InChI is InChI=1S/C22H25N3O2/c26-21-16-8-4-5-9-17(16)24-20(25-21)18-13-10-11-14(12-13)19(18)22(27)23-15-6-2-1-3-7-15/h4-5,8-11,13-15,18-19H,1-3,6-7,12H2,(H,23,27)(H,24,25,26)/t13-,14-,18-,19-/m0/s1. The molecule has 5 heteroatoms. The Hall–Kier alpha value is -2.43. The number of allylic oxidation sites excluding steroid dienone is 2. The van der Waals surface area contributed by atoms with Crippen LogP contribution in [0.15, 0.2) is 41.2 Å². The fourth-order valence-corrected chi connectivity index (χ4v) is 5.36. The van der Waals surface area contributed by atoms with Crippen molar-refractivity contribution in [1.29, 1.82) is 0 Å². The summed E-state index contributed by atoms with van der Waals surface area (Å²) in [5.41, 5.74) is 0.586. The smallest absolute Gasteiger partial charge is 0.258 e. The van der Waals surface area contributed by atoms with Crippen molar-refractivity contribution in [3.05, 3.63) is 52.6 Å². The number of aromatic amines is 1. The topological polar surface area (TPSA) is 74.8 Å². The molecule has 2 saturated carbocycles. The van der Waals surface area contributed by atoms with Crippen LogP contribution < -0.4 is 10.9 Å². The highest BCUT2D eigenvalue weighted by atomic mass is 16.2. The lowest BCUT2D eigenvalue weighted by Gasteiger charge is -2.30. The molecule has 1 aromatic carbocycles. The van der Waals surface area contributed by atoms with Crippen LogP contribution in [0.4, 0.5) is 0 Å². The number of hydrogen-bond donors (Lipinski definition) is 2. The summed E-state index contributed by atoms with van der Waals surface area (Å²) < 4.78 is 0. The van der Waals surface area contributed by atoms with Gasteiger partial charge in [0.1, 0.15) is 5.82 Å². The zero-order valence-electron chi connectivity index (χ0n) is 15.4. The van der Waals surface area contributed by atoms with Crippen LogP contribution in [0, 0.1) is 17.8 Å². The summed E-state index contributed by atoms with van der Waals surface area (Å²) in [7, 11) is 0. The van der Waals surface area contributed by atoms with Crippen molar-refractivity contribution in [3.8, 4) is 0 Å². The Morgan fingerprint density at radius 1 is 1.07 bits per heavy atom. The number of nitrogens with zero attached hydrogens (tertiary/aromatic N) is 1. The third-order valence-corrected chi connectivity index (χ3v) is 6.66. The molecule has 2 N–H and O–H groups in total. The largest absolute Gasteiger partial charge is 0.353 e. The third kappa shape index (κ3) is 2.89. The van der Waals surface area contributed by atoms with Crippen molar-refractivity contribution in [1.82, 2.24) is 15.3 Å². The predicted molar refractivity (Wildman–Crippen MR) is 104 cm³/mol. The van der Waals surface area contributed by atoms with Gasteiger partial charge in [0.2, 0.25) is 5.91 Å². The van der Waals surface area contributed by atoms with Crippen molar-refractivity contribution < 1.29 is 4.79 Å². The molecule has 2 fully saturated rings. The minimum absolute atomic E-state index is 0.0408. The number of aromatic nitrogens is 2. The van der Waals surface area contributed by atoms with Gasteiger partial charge in [0.25, 0.3) is 5.56 Å². The van der Waals surface area contributed by atoms with Gasteiger partial charge in [-0.25, -0.2) is 4.98 Å². The van der Waals surface area contributed by atoms with E-state index in [0.717, 1.165) is 19.3 Å². The zero-order valence-corrected chi connectivity index (χ0v) is 15.4. The highest BCUT2D eigenvalue weighted by molar-refractivity contribution is 5.82. The van der Waals surface area contributed by atoms with Gasteiger partial charge in [0.05, 0.1) is 16.8 Å². The number of hydrogen-bond acceptors (Lipinski definition) is 3. The van der Waals surface area contributed by atoms with Gasteiger partial charge in [-0.1, -0.05) is 43.5 Å². The van der Waals surface area contributed by atoms with Crippen LogP contribution in [0.3, 0.4) is 0 Å². The highest BCUT2D eigenvalue weighted by Gasteiger charge is 2.50. The van der Waals surface area contributed by atoms with Crippen LogP contribution in [0.2, 0.25) is 0 Å². The molecule has 0 aliphatic heterocycles. The number of fused-ring (bicyclic) bond motifs is 3. The Bertz CT molecular complexity index is 957. The van der Waals surface area contributed by atoms with E-state index in [-0.39, 0.29) is 35.1 Å². The molecule has 0 saturated heterocycles. The van der Waals surface area contributed by atoms with Gasteiger partial charge >= 0.3 is 0 Å². The van der Waals surface area contributed by atoms with Crippen LogP contribution in [-0.2, 0) is 4.79 Å². The molecule has 3 aliphatic rings. The molecule has 5 rings (SSSR count). The number of benzene rings is 1. The molecule has 1 heterocycles. The number of carbonyl (C=O) groups is 1. The molecular weight excluding hydrogens is 338 g/mol. The minimum atomic E-state index is -0.133. The molecule has 0 spiro atoms. The van der Waals surface area contributed by atoms with E-state index >= 15 is 0 Å². The molecule has 0 radical (unpaired) electrons. The number of amides is 1. The monoisotopic (exact) mass is 363 g/mol. The second-order valence-corrected chi connectivity index (χ2v) is 8.31. The van der Waals surface area contributed by atoms with E-state index in [0.29, 0.717) is 22.8 Å². The summed E-state index contributed by atoms with van der Waals surface area (Å²) in [4.78, 5) is 33.4. The molecule has 3 aliphatic carbocycles. The van der Waals surface area contributed by atoms with Crippen LogP contribution in [0.1, 0.15) is 50.3 Å². The van der Waals surface area contributed by atoms with Crippen LogP contribution in [0.25, 0.3) is 10.9 Å². The van der Waals surface area contributed by atoms with Gasteiger partial charge in [-0.3, -0.25) is 9.59 Å². The van der Waals surface area contributed by atoms with E-state index in [9.17, 15) is 9.59 Å². The maximum absolute atomic E-state index is 13.2. The molecule has 140 valence electrons. The molecule has 5 nitrogen and oxygen atoms in total. The predicted octanol–water partition coefficient (Wildman–Crippen LogP) is 3.28. The zero-order chi connectivity index (χ0) is 18.4. The van der Waals surface area contributed by atoms with Gasteiger partial charge in [-0.05, 0) is 43.2 Å². The second kappa shape index (κ2) is 6.63. The molecule has 0 unspecified atom stereocenters. The Kier molecular flexibility index (Phi) is 4.10. The Morgan fingerprint density at radius 3 is 2.70 bits per heavy atom. The molecule has 1 amide bonds. The van der Waals surface area contributed by atoms with E-state index in [1.54, 1.807) is 6.07 Å². The number of nitrogens with one attached hydrogen (secondary N) is 2. The normalized spacial score (nSPS) is 30.1. The first-order valence-electron chi connectivity index (χ1n) is 10.2. The fraction of sp³-hybridized carbons (Fsp3) is 0.500. The number of rotatable bonds is 3. The average molecular weight is 363 g/mol. The number of H-pyrrole nitrogens is 1. The highest BCUT2D eigenvalue weighted by Crippen LogP contribution is 2.52. The summed E-state index contributed by atoms with van der Waals surface area (Å²) in [6, 6.07) is 7.71. The van der Waals surface area contributed by atoms with Crippen molar-refractivity contribution in [2.45, 2.75) is 50.5 Å². The van der Waals surface area contributed by atoms with Gasteiger partial charge in [0, 0.05) is 12.0 Å². The van der Waals surface area contributed by atoms with Crippen LogP contribution in [0.5, 0.6) is 0 Å². The number of carbonyl (C=O) groups excluding carboxylic acids is 1. The average Bonchev–Trinajstić information content (AvgIpc) is 3.30. The summed E-state index contributed by atoms with van der Waals surface area (Å²) in [5.74, 6) is 1.16. The lowest BCUT2D eigenvalue weighted by Crippen LogP contribution is -2.43. The Balaban J connectivity index is 1.48. The quantitative estimate of drug-likeness (QED) is 0.822. The maximum atomic E-state index is 13.2. The fourth-order valence-electron chi connectivity index (χ4n) is 5.36. The summed E-state index contributed by atoms with van der Waals surface area (Å²) in [6.07, 6.45) is 11.2. The van der Waals surface area contributed by atoms with E-state index in [4.69, 9.17) is 4.98 Å². The Labute approximate surface area is 158 Å². The summed E-state index contributed by atoms with van der Waals surface area (Å²) >= 11 is 0. The van der Waals surface area contributed by atoms with Gasteiger partial charge in [-0.2, -0.15) is 0 Å².